The van der Waals surface area contributed by atoms with Crippen molar-refractivity contribution in [1.82, 2.24) is 25.4 Å². The van der Waals surface area contributed by atoms with E-state index in [9.17, 15) is 0 Å². The standard InChI is InChI=1S/C16H14N6O/c1-2-23-16-12-6-5-11(8-10(12)9-18-22-16)19-15-14-13(20-21-15)4-3-7-17-14/h3-9H,2H2,1H3,(H2,19,20,21). The molecule has 2 N–H and O–H groups in total. The van der Waals surface area contributed by atoms with Crippen molar-refractivity contribution in [3.8, 4) is 5.88 Å². The zero-order chi connectivity index (χ0) is 15.6. The van der Waals surface area contributed by atoms with Crippen molar-refractivity contribution < 1.29 is 4.74 Å². The Hall–Kier alpha value is -3.22. The Balaban J connectivity index is 1.72. The fourth-order valence-electron chi connectivity index (χ4n) is 2.46. The summed E-state index contributed by atoms with van der Waals surface area (Å²) in [5.41, 5.74) is 2.59. The van der Waals surface area contributed by atoms with Crippen LogP contribution in [0.3, 0.4) is 0 Å². The van der Waals surface area contributed by atoms with E-state index >= 15 is 0 Å². The predicted molar refractivity (Wildman–Crippen MR) is 87.9 cm³/mol. The van der Waals surface area contributed by atoms with Crippen LogP contribution >= 0.6 is 0 Å². The third kappa shape index (κ3) is 2.42. The molecule has 0 bridgehead atoms. The van der Waals surface area contributed by atoms with Gasteiger partial charge in [0.05, 0.1) is 18.3 Å². The number of pyridine rings is 1. The highest BCUT2D eigenvalue weighted by Crippen LogP contribution is 2.27. The van der Waals surface area contributed by atoms with E-state index in [-0.39, 0.29) is 0 Å². The number of hydrogen-bond acceptors (Lipinski definition) is 6. The van der Waals surface area contributed by atoms with Crippen LogP contribution in [0.2, 0.25) is 0 Å². The molecule has 7 nitrogen and oxygen atoms in total. The van der Waals surface area contributed by atoms with Crippen LogP contribution in [-0.2, 0) is 0 Å². The van der Waals surface area contributed by atoms with E-state index in [0.29, 0.717) is 18.3 Å². The minimum atomic E-state index is 0.545. The number of nitrogens with zero attached hydrogens (tertiary/aromatic N) is 4. The van der Waals surface area contributed by atoms with Crippen molar-refractivity contribution in [3.05, 3.63) is 42.7 Å². The number of anilines is 2. The molecular formula is C16H14N6O. The number of aromatic nitrogens is 5. The molecule has 0 saturated carbocycles. The Morgan fingerprint density at radius 1 is 1.26 bits per heavy atom. The van der Waals surface area contributed by atoms with Crippen LogP contribution in [0.15, 0.2) is 42.7 Å². The monoisotopic (exact) mass is 306 g/mol. The normalized spacial score (nSPS) is 11.0. The van der Waals surface area contributed by atoms with Crippen molar-refractivity contribution in [2.24, 2.45) is 0 Å². The molecule has 3 heterocycles. The molecule has 0 saturated heterocycles. The van der Waals surface area contributed by atoms with Gasteiger partial charge in [-0.3, -0.25) is 10.1 Å². The van der Waals surface area contributed by atoms with Gasteiger partial charge >= 0.3 is 0 Å². The molecule has 4 aromatic rings. The lowest BCUT2D eigenvalue weighted by molar-refractivity contribution is 0.327. The zero-order valence-electron chi connectivity index (χ0n) is 12.4. The highest BCUT2D eigenvalue weighted by Gasteiger charge is 2.09. The van der Waals surface area contributed by atoms with Gasteiger partial charge in [0, 0.05) is 22.7 Å². The molecule has 1 aromatic carbocycles. The van der Waals surface area contributed by atoms with Crippen LogP contribution in [0.1, 0.15) is 6.92 Å². The first-order valence-corrected chi connectivity index (χ1v) is 7.29. The van der Waals surface area contributed by atoms with Crippen molar-refractivity contribution in [2.45, 2.75) is 6.92 Å². The first kappa shape index (κ1) is 13.4. The molecule has 23 heavy (non-hydrogen) atoms. The average Bonchev–Trinajstić information content (AvgIpc) is 2.98. The van der Waals surface area contributed by atoms with E-state index in [2.05, 4.69) is 30.7 Å². The molecule has 0 radical (unpaired) electrons. The molecule has 0 unspecified atom stereocenters. The van der Waals surface area contributed by atoms with E-state index in [4.69, 9.17) is 4.74 Å². The molecule has 0 spiro atoms. The van der Waals surface area contributed by atoms with Crippen LogP contribution < -0.4 is 10.1 Å². The Bertz CT molecular complexity index is 981. The van der Waals surface area contributed by atoms with E-state index in [1.165, 1.54) is 0 Å². The second-order valence-electron chi connectivity index (χ2n) is 4.98. The number of benzene rings is 1. The molecule has 0 aliphatic rings. The van der Waals surface area contributed by atoms with Crippen molar-refractivity contribution in [3.63, 3.8) is 0 Å². The summed E-state index contributed by atoms with van der Waals surface area (Å²) >= 11 is 0. The summed E-state index contributed by atoms with van der Waals surface area (Å²) in [5.74, 6) is 1.23. The summed E-state index contributed by atoms with van der Waals surface area (Å²) < 4.78 is 5.50. The van der Waals surface area contributed by atoms with Gasteiger partial charge in [0.2, 0.25) is 5.88 Å². The molecule has 0 aliphatic carbocycles. The van der Waals surface area contributed by atoms with Gasteiger partial charge in [0.25, 0.3) is 0 Å². The lowest BCUT2D eigenvalue weighted by Crippen LogP contribution is -1.97. The summed E-state index contributed by atoms with van der Waals surface area (Å²) in [6, 6.07) is 9.70. The fraction of sp³-hybridized carbons (Fsp3) is 0.125. The van der Waals surface area contributed by atoms with Crippen LogP contribution in [0.25, 0.3) is 21.8 Å². The molecule has 0 fully saturated rings. The van der Waals surface area contributed by atoms with Gasteiger partial charge in [0.15, 0.2) is 5.82 Å². The maximum absolute atomic E-state index is 5.50. The van der Waals surface area contributed by atoms with Gasteiger partial charge in [-0.2, -0.15) is 10.2 Å². The third-order valence-corrected chi connectivity index (χ3v) is 3.49. The Morgan fingerprint density at radius 3 is 3.13 bits per heavy atom. The summed E-state index contributed by atoms with van der Waals surface area (Å²) in [4.78, 5) is 4.34. The van der Waals surface area contributed by atoms with Crippen LogP contribution in [-0.4, -0.2) is 32.0 Å². The van der Waals surface area contributed by atoms with Gasteiger partial charge in [-0.05, 0) is 37.3 Å². The van der Waals surface area contributed by atoms with Crippen LogP contribution in [0.4, 0.5) is 11.5 Å². The highest BCUT2D eigenvalue weighted by atomic mass is 16.5. The maximum atomic E-state index is 5.50. The molecular weight excluding hydrogens is 292 g/mol. The Labute approximate surface area is 131 Å². The van der Waals surface area contributed by atoms with Gasteiger partial charge in [-0.15, -0.1) is 5.10 Å². The predicted octanol–water partition coefficient (Wildman–Crippen LogP) is 3.04. The molecule has 0 aliphatic heterocycles. The number of rotatable bonds is 4. The topological polar surface area (TPSA) is 88.6 Å². The third-order valence-electron chi connectivity index (χ3n) is 3.49. The van der Waals surface area contributed by atoms with Crippen molar-refractivity contribution in [2.75, 3.05) is 11.9 Å². The van der Waals surface area contributed by atoms with E-state index in [0.717, 1.165) is 27.5 Å². The molecule has 4 rings (SSSR count). The molecule has 114 valence electrons. The average molecular weight is 306 g/mol. The Morgan fingerprint density at radius 2 is 2.22 bits per heavy atom. The highest BCUT2D eigenvalue weighted by molar-refractivity contribution is 5.91. The maximum Gasteiger partial charge on any atom is 0.241 e. The number of aromatic amines is 1. The number of nitrogens with one attached hydrogen (secondary N) is 2. The summed E-state index contributed by atoms with van der Waals surface area (Å²) in [5, 5.41) is 20.4. The smallest absolute Gasteiger partial charge is 0.241 e. The largest absolute Gasteiger partial charge is 0.476 e. The minimum Gasteiger partial charge on any atom is -0.476 e. The van der Waals surface area contributed by atoms with Crippen LogP contribution in [0, 0.1) is 0 Å². The summed E-state index contributed by atoms with van der Waals surface area (Å²) in [6.45, 7) is 2.48. The van der Waals surface area contributed by atoms with Crippen molar-refractivity contribution >= 4 is 33.3 Å². The van der Waals surface area contributed by atoms with Gasteiger partial charge in [-0.1, -0.05) is 0 Å². The van der Waals surface area contributed by atoms with Crippen LogP contribution in [0.5, 0.6) is 5.88 Å². The van der Waals surface area contributed by atoms with E-state index in [1.54, 1.807) is 12.4 Å². The number of H-pyrrole nitrogens is 1. The SMILES string of the molecule is CCOc1nncc2cc(Nc3n[nH]c4cccnc34)ccc12. The van der Waals surface area contributed by atoms with Gasteiger partial charge < -0.3 is 10.1 Å². The summed E-state index contributed by atoms with van der Waals surface area (Å²) in [7, 11) is 0. The number of hydrogen-bond donors (Lipinski definition) is 2. The lowest BCUT2D eigenvalue weighted by atomic mass is 10.2. The van der Waals surface area contributed by atoms with E-state index in [1.807, 2.05) is 37.3 Å². The Kier molecular flexibility index (Phi) is 3.23. The van der Waals surface area contributed by atoms with Gasteiger partial charge in [0.1, 0.15) is 5.52 Å². The number of fused-ring (bicyclic) bond motifs is 2. The molecule has 3 aromatic heterocycles. The molecule has 0 amide bonds. The quantitative estimate of drug-likeness (QED) is 0.602. The summed E-state index contributed by atoms with van der Waals surface area (Å²) in [6.07, 6.45) is 3.46. The van der Waals surface area contributed by atoms with E-state index < -0.39 is 0 Å². The fourth-order valence-corrected chi connectivity index (χ4v) is 2.46. The lowest BCUT2D eigenvalue weighted by Gasteiger charge is -2.07. The number of ether oxygens (including phenoxy) is 1. The van der Waals surface area contributed by atoms with Crippen molar-refractivity contribution in [1.29, 1.82) is 0 Å². The first-order valence-electron chi connectivity index (χ1n) is 7.29. The second kappa shape index (κ2) is 5.53. The van der Waals surface area contributed by atoms with Gasteiger partial charge in [-0.25, -0.2) is 0 Å². The second-order valence-corrected chi connectivity index (χ2v) is 4.98. The molecule has 7 heteroatoms. The minimum absolute atomic E-state index is 0.545. The first-order chi connectivity index (χ1) is 11.3. The molecule has 0 atom stereocenters. The zero-order valence-corrected chi connectivity index (χ0v) is 12.4.